The number of carbonyl (C=O) groups excluding carboxylic acids is 3. The molecule has 2 rings (SSSR count). The third-order valence-electron chi connectivity index (χ3n) is 4.55. The van der Waals surface area contributed by atoms with Crippen LogP contribution in [0.4, 0.5) is 16.2 Å². The summed E-state index contributed by atoms with van der Waals surface area (Å²) in [5.41, 5.74) is 0.290. The zero-order valence-corrected chi connectivity index (χ0v) is 17.8. The number of rotatable bonds is 5. The molecule has 0 aliphatic carbocycles. The minimum atomic E-state index is -0.633. The fourth-order valence-electron chi connectivity index (χ4n) is 3.18. The molecule has 0 saturated carbocycles. The number of nitrogens with zero attached hydrogens (tertiary/aromatic N) is 1. The number of carbonyl (C=O) groups is 3. The van der Waals surface area contributed by atoms with Crippen molar-refractivity contribution in [3.05, 3.63) is 18.2 Å². The molecule has 0 bridgehead atoms. The number of nitrogens with one attached hydrogen (secondary N) is 2. The van der Waals surface area contributed by atoms with Gasteiger partial charge in [0.15, 0.2) is 0 Å². The fraction of sp³-hybridized carbons (Fsp3) is 0.571. The second kappa shape index (κ2) is 9.62. The van der Waals surface area contributed by atoms with Crippen molar-refractivity contribution in [3.63, 3.8) is 0 Å². The van der Waals surface area contributed by atoms with E-state index < -0.39 is 11.7 Å². The summed E-state index contributed by atoms with van der Waals surface area (Å²) >= 11 is 0. The normalized spacial score (nSPS) is 16.7. The van der Waals surface area contributed by atoms with E-state index in [0.717, 1.165) is 12.8 Å². The number of benzene rings is 1. The molecule has 1 aliphatic heterocycles. The highest BCUT2D eigenvalue weighted by atomic mass is 16.6. The van der Waals surface area contributed by atoms with E-state index in [1.807, 2.05) is 6.92 Å². The monoisotopic (exact) mass is 405 g/mol. The van der Waals surface area contributed by atoms with Gasteiger partial charge in [-0.25, -0.2) is 4.79 Å². The van der Waals surface area contributed by atoms with Gasteiger partial charge in [-0.05, 0) is 51.8 Å². The van der Waals surface area contributed by atoms with Gasteiger partial charge >= 0.3 is 6.09 Å². The third-order valence-corrected chi connectivity index (χ3v) is 4.55. The molecule has 8 heteroatoms. The van der Waals surface area contributed by atoms with Gasteiger partial charge in [0.2, 0.25) is 11.8 Å². The van der Waals surface area contributed by atoms with Crippen LogP contribution in [-0.4, -0.2) is 48.6 Å². The van der Waals surface area contributed by atoms with Crippen LogP contribution in [0.3, 0.4) is 0 Å². The Balaban J connectivity index is 2.07. The van der Waals surface area contributed by atoms with E-state index >= 15 is 0 Å². The van der Waals surface area contributed by atoms with Crippen LogP contribution in [0, 0.1) is 5.92 Å². The van der Waals surface area contributed by atoms with Gasteiger partial charge in [-0.2, -0.15) is 0 Å². The SMILES string of the molecule is CCC(=O)N1CCCC(C(=O)Nc2ccc(OC)c(NC(=O)OC(C)(C)C)c2)C1. The molecule has 0 radical (unpaired) electrons. The molecule has 2 N–H and O–H groups in total. The Morgan fingerprint density at radius 3 is 2.55 bits per heavy atom. The Morgan fingerprint density at radius 1 is 1.21 bits per heavy atom. The van der Waals surface area contributed by atoms with E-state index in [1.54, 1.807) is 43.9 Å². The van der Waals surface area contributed by atoms with Gasteiger partial charge in [-0.15, -0.1) is 0 Å². The highest BCUT2D eigenvalue weighted by Crippen LogP contribution is 2.29. The molecule has 8 nitrogen and oxygen atoms in total. The van der Waals surface area contributed by atoms with Gasteiger partial charge in [0.05, 0.1) is 18.7 Å². The second-order valence-electron chi connectivity index (χ2n) is 8.06. The minimum Gasteiger partial charge on any atom is -0.495 e. The lowest BCUT2D eigenvalue weighted by molar-refractivity contribution is -0.134. The van der Waals surface area contributed by atoms with Crippen LogP contribution >= 0.6 is 0 Å². The van der Waals surface area contributed by atoms with Crippen molar-refractivity contribution in [2.24, 2.45) is 5.92 Å². The summed E-state index contributed by atoms with van der Waals surface area (Å²) in [4.78, 5) is 38.5. The molecular weight excluding hydrogens is 374 g/mol. The summed E-state index contributed by atoms with van der Waals surface area (Å²) in [7, 11) is 1.50. The largest absolute Gasteiger partial charge is 0.495 e. The first-order valence-electron chi connectivity index (χ1n) is 9.89. The van der Waals surface area contributed by atoms with Crippen molar-refractivity contribution in [2.45, 2.75) is 52.6 Å². The molecule has 29 heavy (non-hydrogen) atoms. The van der Waals surface area contributed by atoms with E-state index in [-0.39, 0.29) is 17.7 Å². The standard InChI is InChI=1S/C21H31N3O5/c1-6-18(25)24-11-7-8-14(13-24)19(26)22-15-9-10-17(28-5)16(12-15)23-20(27)29-21(2,3)4/h9-10,12,14H,6-8,11,13H2,1-5H3,(H,22,26)(H,23,27). The summed E-state index contributed by atoms with van der Waals surface area (Å²) in [6, 6.07) is 4.99. The number of ether oxygens (including phenoxy) is 2. The second-order valence-corrected chi connectivity index (χ2v) is 8.06. The maximum Gasteiger partial charge on any atom is 0.412 e. The van der Waals surface area contributed by atoms with Gasteiger partial charge in [0, 0.05) is 25.2 Å². The molecule has 1 heterocycles. The number of likely N-dealkylation sites (tertiary alicyclic amines) is 1. The van der Waals surface area contributed by atoms with Crippen LogP contribution < -0.4 is 15.4 Å². The van der Waals surface area contributed by atoms with E-state index in [2.05, 4.69) is 10.6 Å². The van der Waals surface area contributed by atoms with Gasteiger partial charge < -0.3 is 19.7 Å². The van der Waals surface area contributed by atoms with E-state index in [1.165, 1.54) is 7.11 Å². The first-order valence-corrected chi connectivity index (χ1v) is 9.89. The Hall–Kier alpha value is -2.77. The predicted octanol–water partition coefficient (Wildman–Crippen LogP) is 3.63. The number of hydrogen-bond donors (Lipinski definition) is 2. The van der Waals surface area contributed by atoms with Crippen molar-refractivity contribution in [1.29, 1.82) is 0 Å². The first-order chi connectivity index (χ1) is 13.6. The fourth-order valence-corrected chi connectivity index (χ4v) is 3.18. The summed E-state index contributed by atoms with van der Waals surface area (Å²) < 4.78 is 10.5. The smallest absolute Gasteiger partial charge is 0.412 e. The Bertz CT molecular complexity index is 757. The molecule has 3 amide bonds. The zero-order chi connectivity index (χ0) is 21.6. The van der Waals surface area contributed by atoms with Crippen molar-refractivity contribution in [3.8, 4) is 5.75 Å². The van der Waals surface area contributed by atoms with Crippen LogP contribution in [0.2, 0.25) is 0 Å². The van der Waals surface area contributed by atoms with E-state index in [0.29, 0.717) is 36.6 Å². The average Bonchev–Trinajstić information content (AvgIpc) is 2.66. The minimum absolute atomic E-state index is 0.0656. The van der Waals surface area contributed by atoms with Crippen molar-refractivity contribution >= 4 is 29.3 Å². The first kappa shape index (κ1) is 22.5. The lowest BCUT2D eigenvalue weighted by atomic mass is 9.96. The summed E-state index contributed by atoms with van der Waals surface area (Å²) in [6.07, 6.45) is 1.36. The van der Waals surface area contributed by atoms with Crippen LogP contribution in [0.1, 0.15) is 47.0 Å². The maximum absolute atomic E-state index is 12.7. The predicted molar refractivity (Wildman–Crippen MR) is 111 cm³/mol. The third kappa shape index (κ3) is 6.66. The molecule has 1 atom stereocenters. The molecule has 1 aromatic carbocycles. The molecule has 1 unspecified atom stereocenters. The highest BCUT2D eigenvalue weighted by molar-refractivity contribution is 5.95. The quantitative estimate of drug-likeness (QED) is 0.780. The lowest BCUT2D eigenvalue weighted by Gasteiger charge is -2.32. The number of hydrogen-bond acceptors (Lipinski definition) is 5. The number of piperidine rings is 1. The Kier molecular flexibility index (Phi) is 7.47. The van der Waals surface area contributed by atoms with Crippen LogP contribution in [-0.2, 0) is 14.3 Å². The average molecular weight is 405 g/mol. The maximum atomic E-state index is 12.7. The number of methoxy groups -OCH3 is 1. The molecule has 0 spiro atoms. The van der Waals surface area contributed by atoms with Crippen LogP contribution in [0.25, 0.3) is 0 Å². The van der Waals surface area contributed by atoms with Crippen molar-refractivity contribution in [1.82, 2.24) is 4.90 Å². The molecular formula is C21H31N3O5. The highest BCUT2D eigenvalue weighted by Gasteiger charge is 2.28. The van der Waals surface area contributed by atoms with Crippen molar-refractivity contribution < 1.29 is 23.9 Å². The van der Waals surface area contributed by atoms with Crippen LogP contribution in [0.5, 0.6) is 5.75 Å². The molecule has 1 aromatic rings. The van der Waals surface area contributed by atoms with Gasteiger partial charge in [0.1, 0.15) is 11.4 Å². The lowest BCUT2D eigenvalue weighted by Crippen LogP contribution is -2.43. The summed E-state index contributed by atoms with van der Waals surface area (Å²) in [6.45, 7) is 8.27. The van der Waals surface area contributed by atoms with Gasteiger partial charge in [0.25, 0.3) is 0 Å². The molecule has 1 aliphatic rings. The summed E-state index contributed by atoms with van der Waals surface area (Å²) in [5, 5.41) is 5.53. The molecule has 1 saturated heterocycles. The molecule has 0 aromatic heterocycles. The van der Waals surface area contributed by atoms with Gasteiger partial charge in [-0.3, -0.25) is 14.9 Å². The Labute approximate surface area is 171 Å². The molecule has 1 fully saturated rings. The molecule has 160 valence electrons. The van der Waals surface area contributed by atoms with E-state index in [9.17, 15) is 14.4 Å². The topological polar surface area (TPSA) is 97.0 Å². The number of anilines is 2. The number of amides is 3. The van der Waals surface area contributed by atoms with E-state index in [4.69, 9.17) is 9.47 Å². The van der Waals surface area contributed by atoms with Crippen LogP contribution in [0.15, 0.2) is 18.2 Å². The van der Waals surface area contributed by atoms with Gasteiger partial charge in [-0.1, -0.05) is 6.92 Å². The zero-order valence-electron chi connectivity index (χ0n) is 17.8. The van der Waals surface area contributed by atoms with Crippen molar-refractivity contribution in [2.75, 3.05) is 30.8 Å². The summed E-state index contributed by atoms with van der Waals surface area (Å²) in [5.74, 6) is 0.109. The Morgan fingerprint density at radius 2 is 1.93 bits per heavy atom.